The van der Waals surface area contributed by atoms with E-state index in [9.17, 15) is 27.2 Å². The van der Waals surface area contributed by atoms with Crippen LogP contribution in [0.3, 0.4) is 0 Å². The van der Waals surface area contributed by atoms with Crippen molar-refractivity contribution in [1.29, 1.82) is 0 Å². The van der Waals surface area contributed by atoms with Gasteiger partial charge in [-0.2, -0.15) is 5.10 Å². The van der Waals surface area contributed by atoms with Gasteiger partial charge < -0.3 is 9.84 Å². The first-order valence-corrected chi connectivity index (χ1v) is 5.92. The predicted molar refractivity (Wildman–Crippen MR) is 66.8 cm³/mol. The molecule has 1 heterocycles. The summed E-state index contributed by atoms with van der Waals surface area (Å²) in [6.45, 7) is 0. The van der Waals surface area contributed by atoms with E-state index in [2.05, 4.69) is 9.84 Å². The van der Waals surface area contributed by atoms with E-state index in [1.807, 2.05) is 0 Å². The minimum absolute atomic E-state index is 0.522. The molecule has 10 heteroatoms. The van der Waals surface area contributed by atoms with Gasteiger partial charge in [-0.1, -0.05) is 0 Å². The summed E-state index contributed by atoms with van der Waals surface area (Å²) in [6.07, 6.45) is 0. The second-order valence-corrected chi connectivity index (χ2v) is 4.34. The highest BCUT2D eigenvalue weighted by molar-refractivity contribution is 5.91. The number of carboxylic acids is 1. The molecule has 0 spiro atoms. The molecular weight excluding hydrogens is 324 g/mol. The molecule has 6 nitrogen and oxygen atoms in total. The van der Waals surface area contributed by atoms with Crippen LogP contribution in [0.25, 0.3) is 11.3 Å². The van der Waals surface area contributed by atoms with Gasteiger partial charge in [-0.05, 0) is 6.07 Å². The third kappa shape index (κ3) is 2.51. The molecule has 122 valence electrons. The topological polar surface area (TPSA) is 81.4 Å². The number of aromatic nitrogens is 2. The fraction of sp³-hybridized carbons (Fsp3) is 0.154. The molecule has 23 heavy (non-hydrogen) atoms. The first-order valence-electron chi connectivity index (χ1n) is 5.92. The van der Waals surface area contributed by atoms with Gasteiger partial charge in [0.05, 0.1) is 18.4 Å². The van der Waals surface area contributed by atoms with Crippen molar-refractivity contribution in [3.05, 3.63) is 40.6 Å². The molecule has 1 N–H and O–H groups in total. The Morgan fingerprint density at radius 1 is 1.13 bits per heavy atom. The van der Waals surface area contributed by atoms with Crippen LogP contribution in [0, 0.1) is 23.3 Å². The average molecular weight is 332 g/mol. The van der Waals surface area contributed by atoms with Crippen LogP contribution in [0.15, 0.2) is 6.07 Å². The summed E-state index contributed by atoms with van der Waals surface area (Å²) >= 11 is 0. The van der Waals surface area contributed by atoms with Crippen LogP contribution in [-0.4, -0.2) is 33.9 Å². The highest BCUT2D eigenvalue weighted by Crippen LogP contribution is 2.32. The molecule has 0 fully saturated rings. The zero-order valence-corrected chi connectivity index (χ0v) is 11.7. The fourth-order valence-electron chi connectivity index (χ4n) is 1.94. The van der Waals surface area contributed by atoms with E-state index in [0.29, 0.717) is 0 Å². The van der Waals surface area contributed by atoms with Crippen LogP contribution in [0.4, 0.5) is 17.6 Å². The lowest BCUT2D eigenvalue weighted by Crippen LogP contribution is -2.14. The summed E-state index contributed by atoms with van der Waals surface area (Å²) in [6, 6.07) is 0.737. The minimum atomic E-state index is -1.95. The van der Waals surface area contributed by atoms with E-state index in [1.54, 1.807) is 0 Å². The molecule has 0 bridgehead atoms. The van der Waals surface area contributed by atoms with Gasteiger partial charge in [-0.25, -0.2) is 27.2 Å². The van der Waals surface area contributed by atoms with Crippen LogP contribution in [0.1, 0.15) is 20.8 Å². The molecule has 1 aromatic carbocycles. The number of halogens is 4. The van der Waals surface area contributed by atoms with Crippen molar-refractivity contribution in [2.24, 2.45) is 7.05 Å². The molecule has 0 saturated heterocycles. The van der Waals surface area contributed by atoms with E-state index in [-0.39, 0.29) is 0 Å². The Hall–Kier alpha value is -2.91. The number of hydrogen-bond donors (Lipinski definition) is 1. The Balaban J connectivity index is 2.80. The number of rotatable bonds is 3. The molecule has 0 aliphatic heterocycles. The van der Waals surface area contributed by atoms with Gasteiger partial charge in [0.25, 0.3) is 0 Å². The summed E-state index contributed by atoms with van der Waals surface area (Å²) in [5.74, 6) is -10.7. The number of nitrogens with zero attached hydrogens (tertiary/aromatic N) is 2. The highest BCUT2D eigenvalue weighted by atomic mass is 19.2. The maximum absolute atomic E-state index is 14.1. The molecule has 0 amide bonds. The van der Waals surface area contributed by atoms with Crippen LogP contribution in [0.5, 0.6) is 0 Å². The van der Waals surface area contributed by atoms with Crippen molar-refractivity contribution in [3.63, 3.8) is 0 Å². The van der Waals surface area contributed by atoms with Gasteiger partial charge in [0.15, 0.2) is 29.0 Å². The number of aromatic carboxylic acids is 1. The van der Waals surface area contributed by atoms with Gasteiger partial charge in [-0.3, -0.25) is 4.68 Å². The molecule has 0 saturated carbocycles. The van der Waals surface area contributed by atoms with E-state index in [0.717, 1.165) is 24.9 Å². The van der Waals surface area contributed by atoms with E-state index in [1.165, 1.54) is 0 Å². The number of methoxy groups -OCH3 is 1. The molecule has 1 aromatic heterocycles. The molecule has 2 aromatic rings. The van der Waals surface area contributed by atoms with E-state index >= 15 is 0 Å². The highest BCUT2D eigenvalue weighted by Gasteiger charge is 2.32. The number of ether oxygens (including phenoxy) is 1. The van der Waals surface area contributed by atoms with Crippen molar-refractivity contribution < 1.29 is 37.0 Å². The van der Waals surface area contributed by atoms with Crippen molar-refractivity contribution in [2.75, 3.05) is 7.11 Å². The number of carboxylic acid groups (broad SMARTS) is 1. The fourth-order valence-corrected chi connectivity index (χ4v) is 1.94. The quantitative estimate of drug-likeness (QED) is 0.529. The Morgan fingerprint density at radius 3 is 2.04 bits per heavy atom. The molecular formula is C13H8F4N2O4. The number of benzene rings is 1. The zero-order chi connectivity index (χ0) is 17.5. The molecule has 0 radical (unpaired) electrons. The largest absolute Gasteiger partial charge is 0.476 e. The van der Waals surface area contributed by atoms with Crippen LogP contribution in [0.2, 0.25) is 0 Å². The number of hydrogen-bond acceptors (Lipinski definition) is 4. The van der Waals surface area contributed by atoms with Crippen LogP contribution < -0.4 is 0 Å². The molecule has 0 aliphatic rings. The number of aryl methyl sites for hydroxylation is 1. The first-order chi connectivity index (χ1) is 10.7. The van der Waals surface area contributed by atoms with Crippen molar-refractivity contribution in [3.8, 4) is 11.3 Å². The van der Waals surface area contributed by atoms with Crippen molar-refractivity contribution in [1.82, 2.24) is 9.78 Å². The third-order valence-corrected chi connectivity index (χ3v) is 3.01. The van der Waals surface area contributed by atoms with Crippen LogP contribution >= 0.6 is 0 Å². The lowest BCUT2D eigenvalue weighted by Gasteiger charge is -2.10. The first kappa shape index (κ1) is 16.5. The average Bonchev–Trinajstić information content (AvgIpc) is 2.88. The number of carbonyl (C=O) groups excluding carboxylic acids is 1. The van der Waals surface area contributed by atoms with Crippen molar-refractivity contribution in [2.45, 2.75) is 0 Å². The molecule has 0 atom stereocenters. The molecule has 2 rings (SSSR count). The Morgan fingerprint density at radius 2 is 1.65 bits per heavy atom. The Bertz CT molecular complexity index is 803. The van der Waals surface area contributed by atoms with Crippen molar-refractivity contribution >= 4 is 11.9 Å². The van der Waals surface area contributed by atoms with Crippen LogP contribution in [-0.2, 0) is 11.8 Å². The maximum atomic E-state index is 14.1. The molecule has 0 aliphatic carbocycles. The SMILES string of the molecule is COC(=O)c1c(F)c(F)c(-c2cc(C(=O)O)nn2C)c(F)c1F. The maximum Gasteiger partial charge on any atom is 0.356 e. The van der Waals surface area contributed by atoms with Gasteiger partial charge in [-0.15, -0.1) is 0 Å². The standard InChI is InChI=1S/C13H8F4N2O4/c1-19-5(3-4(18-19)12(20)21)6-8(14)10(16)7(13(22)23-2)11(17)9(6)15/h3H,1-2H3,(H,20,21). The van der Waals surface area contributed by atoms with E-state index in [4.69, 9.17) is 5.11 Å². The predicted octanol–water partition coefficient (Wildman–Crippen LogP) is 2.13. The number of esters is 1. The summed E-state index contributed by atoms with van der Waals surface area (Å²) in [5, 5.41) is 12.2. The minimum Gasteiger partial charge on any atom is -0.476 e. The van der Waals surface area contributed by atoms with Gasteiger partial charge >= 0.3 is 11.9 Å². The second kappa shape index (κ2) is 5.71. The van der Waals surface area contributed by atoms with E-state index < -0.39 is 57.7 Å². The number of carbonyl (C=O) groups is 2. The summed E-state index contributed by atoms with van der Waals surface area (Å²) < 4.78 is 60.8. The Labute approximate surface area is 125 Å². The lowest BCUT2D eigenvalue weighted by molar-refractivity contribution is 0.0586. The lowest BCUT2D eigenvalue weighted by atomic mass is 10.0. The smallest absolute Gasteiger partial charge is 0.356 e. The Kier molecular flexibility index (Phi) is 4.08. The van der Waals surface area contributed by atoms with Gasteiger partial charge in [0, 0.05) is 7.05 Å². The second-order valence-electron chi connectivity index (χ2n) is 4.34. The normalized spacial score (nSPS) is 10.7. The zero-order valence-electron chi connectivity index (χ0n) is 11.7. The summed E-state index contributed by atoms with van der Waals surface area (Å²) in [4.78, 5) is 22.0. The summed E-state index contributed by atoms with van der Waals surface area (Å²) in [7, 11) is 1.91. The third-order valence-electron chi connectivity index (χ3n) is 3.01. The molecule has 0 unspecified atom stereocenters. The van der Waals surface area contributed by atoms with Gasteiger partial charge in [0.1, 0.15) is 5.56 Å². The monoisotopic (exact) mass is 332 g/mol. The van der Waals surface area contributed by atoms with Gasteiger partial charge in [0.2, 0.25) is 0 Å². The summed E-state index contributed by atoms with van der Waals surface area (Å²) in [5.41, 5.74) is -3.81.